The fourth-order valence-corrected chi connectivity index (χ4v) is 2.47. The molecule has 0 aromatic heterocycles. The van der Waals surface area contributed by atoms with E-state index < -0.39 is 0 Å². The van der Waals surface area contributed by atoms with E-state index in [1.807, 2.05) is 12.1 Å². The predicted octanol–water partition coefficient (Wildman–Crippen LogP) is 1.90. The summed E-state index contributed by atoms with van der Waals surface area (Å²) in [6.45, 7) is 1.80. The van der Waals surface area contributed by atoms with Crippen LogP contribution in [0.15, 0.2) is 21.7 Å². The highest BCUT2D eigenvalue weighted by Crippen LogP contribution is 2.38. The lowest BCUT2D eigenvalue weighted by Gasteiger charge is -2.20. The summed E-state index contributed by atoms with van der Waals surface area (Å²) in [5, 5.41) is 6.94. The molecule has 0 spiro atoms. The Balaban J connectivity index is 1.80. The fourth-order valence-electron chi connectivity index (χ4n) is 2.06. The maximum Gasteiger partial charge on any atom is 0.267 e. The first-order chi connectivity index (χ1) is 9.74. The van der Waals surface area contributed by atoms with E-state index in [1.165, 1.54) is 0 Å². The van der Waals surface area contributed by atoms with Gasteiger partial charge in [-0.1, -0.05) is 0 Å². The molecule has 1 amide bonds. The zero-order valence-electron chi connectivity index (χ0n) is 10.7. The first-order valence-corrected chi connectivity index (χ1v) is 7.23. The zero-order valence-corrected chi connectivity index (χ0v) is 12.3. The van der Waals surface area contributed by atoms with Gasteiger partial charge >= 0.3 is 0 Å². The smallest absolute Gasteiger partial charge is 0.267 e. The number of anilines is 1. The summed E-state index contributed by atoms with van der Waals surface area (Å²) < 4.78 is 11.8. The van der Waals surface area contributed by atoms with E-state index in [0.717, 1.165) is 16.6 Å². The second kappa shape index (κ2) is 5.70. The number of carbonyl (C=O) groups is 1. The summed E-state index contributed by atoms with van der Waals surface area (Å²) in [6.07, 6.45) is 1.59. The van der Waals surface area contributed by atoms with Gasteiger partial charge in [-0.05, 0) is 28.8 Å². The maximum absolute atomic E-state index is 11.6. The van der Waals surface area contributed by atoms with Crippen molar-refractivity contribution in [2.45, 2.75) is 12.8 Å². The van der Waals surface area contributed by atoms with E-state index in [4.69, 9.17) is 9.47 Å². The minimum Gasteiger partial charge on any atom is -0.486 e. The Morgan fingerprint density at radius 1 is 1.25 bits per heavy atom. The zero-order chi connectivity index (χ0) is 13.9. The van der Waals surface area contributed by atoms with Gasteiger partial charge in [0.15, 0.2) is 11.5 Å². The van der Waals surface area contributed by atoms with Gasteiger partial charge in [0.05, 0.1) is 5.69 Å². The summed E-state index contributed by atoms with van der Waals surface area (Å²) >= 11 is 3.45. The second-order valence-corrected chi connectivity index (χ2v) is 5.36. The van der Waals surface area contributed by atoms with Crippen LogP contribution in [0.4, 0.5) is 5.69 Å². The number of ether oxygens (including phenoxy) is 2. The summed E-state index contributed by atoms with van der Waals surface area (Å²) in [5.41, 5.74) is 4.16. The van der Waals surface area contributed by atoms with Crippen LogP contribution in [0, 0.1) is 0 Å². The van der Waals surface area contributed by atoms with Crippen LogP contribution in [0.1, 0.15) is 12.8 Å². The third-order valence-electron chi connectivity index (χ3n) is 3.08. The molecule has 0 radical (unpaired) electrons. The maximum atomic E-state index is 11.6. The molecule has 2 N–H and O–H groups in total. The monoisotopic (exact) mass is 339 g/mol. The molecule has 0 aliphatic carbocycles. The van der Waals surface area contributed by atoms with Gasteiger partial charge in [0.2, 0.25) is 0 Å². The lowest BCUT2D eigenvalue weighted by Crippen LogP contribution is -2.37. The van der Waals surface area contributed by atoms with Gasteiger partial charge in [-0.3, -0.25) is 10.2 Å². The molecule has 20 heavy (non-hydrogen) atoms. The van der Waals surface area contributed by atoms with Crippen molar-refractivity contribution in [3.63, 3.8) is 0 Å². The van der Waals surface area contributed by atoms with Crippen molar-refractivity contribution in [1.29, 1.82) is 0 Å². The van der Waals surface area contributed by atoms with Crippen LogP contribution in [0.3, 0.4) is 0 Å². The number of hydrogen-bond acceptors (Lipinski definition) is 5. The Morgan fingerprint density at radius 3 is 2.75 bits per heavy atom. The van der Waals surface area contributed by atoms with Crippen LogP contribution in [-0.2, 0) is 4.79 Å². The van der Waals surface area contributed by atoms with Crippen molar-refractivity contribution in [1.82, 2.24) is 5.32 Å². The van der Waals surface area contributed by atoms with E-state index in [9.17, 15) is 4.79 Å². The number of hydrazone groups is 1. The summed E-state index contributed by atoms with van der Waals surface area (Å²) in [4.78, 5) is 11.6. The van der Waals surface area contributed by atoms with E-state index in [-0.39, 0.29) is 5.91 Å². The normalized spacial score (nSPS) is 19.6. The SMILES string of the molecule is O=C1NCCC/C1=N\Nc1cc2c(cc1Br)OCCO2. The Bertz CT molecular complexity index is 574. The molecular formula is C13H14BrN3O3. The van der Waals surface area contributed by atoms with Crippen LogP contribution < -0.4 is 20.2 Å². The summed E-state index contributed by atoms with van der Waals surface area (Å²) in [5.74, 6) is 1.27. The quantitative estimate of drug-likeness (QED) is 0.807. The van der Waals surface area contributed by atoms with Gasteiger partial charge in [-0.2, -0.15) is 5.10 Å². The van der Waals surface area contributed by atoms with Crippen LogP contribution in [-0.4, -0.2) is 31.4 Å². The Kier molecular flexibility index (Phi) is 3.77. The van der Waals surface area contributed by atoms with Gasteiger partial charge < -0.3 is 14.8 Å². The molecule has 2 aliphatic heterocycles. The first kappa shape index (κ1) is 13.2. The van der Waals surface area contributed by atoms with Gasteiger partial charge in [-0.25, -0.2) is 0 Å². The fraction of sp³-hybridized carbons (Fsp3) is 0.385. The van der Waals surface area contributed by atoms with Crippen molar-refractivity contribution in [2.24, 2.45) is 5.10 Å². The van der Waals surface area contributed by atoms with Crippen molar-refractivity contribution < 1.29 is 14.3 Å². The molecule has 0 saturated carbocycles. The van der Waals surface area contributed by atoms with Crippen LogP contribution >= 0.6 is 15.9 Å². The van der Waals surface area contributed by atoms with Gasteiger partial charge in [-0.15, -0.1) is 0 Å². The molecule has 0 unspecified atom stereocenters. The number of hydrogen-bond donors (Lipinski definition) is 2. The molecule has 3 rings (SSSR count). The number of carbonyl (C=O) groups excluding carboxylic acids is 1. The standard InChI is InChI=1S/C13H14BrN3O3/c14-8-6-11-12(20-5-4-19-11)7-10(8)17-16-9-2-1-3-15-13(9)18/h6-7,17H,1-5H2,(H,15,18)/b16-9+. The van der Waals surface area contributed by atoms with Crippen molar-refractivity contribution >= 4 is 33.2 Å². The van der Waals surface area contributed by atoms with Crippen LogP contribution in [0.5, 0.6) is 11.5 Å². The second-order valence-electron chi connectivity index (χ2n) is 4.51. The average Bonchev–Trinajstić information content (AvgIpc) is 2.46. The summed E-state index contributed by atoms with van der Waals surface area (Å²) in [6, 6.07) is 3.64. The van der Waals surface area contributed by atoms with Crippen molar-refractivity contribution in [2.75, 3.05) is 25.2 Å². The number of piperidine rings is 1. The minimum absolute atomic E-state index is 0.114. The van der Waals surface area contributed by atoms with Gasteiger partial charge in [0.1, 0.15) is 18.9 Å². The molecule has 1 aromatic carbocycles. The Morgan fingerprint density at radius 2 is 2.00 bits per heavy atom. The highest BCUT2D eigenvalue weighted by Gasteiger charge is 2.17. The highest BCUT2D eigenvalue weighted by atomic mass is 79.9. The molecule has 1 saturated heterocycles. The Hall–Kier alpha value is -1.76. The van der Waals surface area contributed by atoms with Crippen LogP contribution in [0.25, 0.3) is 0 Å². The van der Waals surface area contributed by atoms with Crippen molar-refractivity contribution in [3.8, 4) is 11.5 Å². The van der Waals surface area contributed by atoms with E-state index in [1.54, 1.807) is 0 Å². The third kappa shape index (κ3) is 2.72. The lowest BCUT2D eigenvalue weighted by atomic mass is 10.1. The predicted molar refractivity (Wildman–Crippen MR) is 78.4 cm³/mol. The summed E-state index contributed by atoms with van der Waals surface area (Å²) in [7, 11) is 0. The molecule has 1 fully saturated rings. The molecule has 2 heterocycles. The number of halogens is 1. The minimum atomic E-state index is -0.114. The third-order valence-corrected chi connectivity index (χ3v) is 3.74. The number of fused-ring (bicyclic) bond motifs is 1. The van der Waals surface area contributed by atoms with Crippen molar-refractivity contribution in [3.05, 3.63) is 16.6 Å². The molecule has 7 heteroatoms. The number of amides is 1. The molecule has 6 nitrogen and oxygen atoms in total. The number of benzene rings is 1. The number of nitrogens with one attached hydrogen (secondary N) is 2. The molecule has 106 valence electrons. The van der Waals surface area contributed by atoms with E-state index >= 15 is 0 Å². The number of nitrogens with zero attached hydrogens (tertiary/aromatic N) is 1. The molecule has 0 bridgehead atoms. The highest BCUT2D eigenvalue weighted by molar-refractivity contribution is 9.10. The lowest BCUT2D eigenvalue weighted by molar-refractivity contribution is -0.115. The van der Waals surface area contributed by atoms with Gasteiger partial charge in [0.25, 0.3) is 5.91 Å². The molecular weight excluding hydrogens is 326 g/mol. The largest absolute Gasteiger partial charge is 0.486 e. The molecule has 1 aromatic rings. The molecule has 0 atom stereocenters. The number of rotatable bonds is 2. The van der Waals surface area contributed by atoms with E-state index in [0.29, 0.717) is 43.4 Å². The topological polar surface area (TPSA) is 72.0 Å². The van der Waals surface area contributed by atoms with Crippen LogP contribution in [0.2, 0.25) is 0 Å². The average molecular weight is 340 g/mol. The Labute approximate surface area is 124 Å². The van der Waals surface area contributed by atoms with E-state index in [2.05, 4.69) is 31.8 Å². The van der Waals surface area contributed by atoms with Gasteiger partial charge in [0, 0.05) is 23.2 Å². The molecule has 2 aliphatic rings. The first-order valence-electron chi connectivity index (χ1n) is 6.44.